The smallest absolute Gasteiger partial charge is 0.250 e. The summed E-state index contributed by atoms with van der Waals surface area (Å²) in [5.74, 6) is 0.666. The van der Waals surface area contributed by atoms with Gasteiger partial charge in [-0.05, 0) is 48.6 Å². The molecule has 0 unspecified atom stereocenters. The van der Waals surface area contributed by atoms with Gasteiger partial charge in [0.05, 0.1) is 0 Å². The average molecular weight is 341 g/mol. The van der Waals surface area contributed by atoms with E-state index < -0.39 is 5.91 Å². The van der Waals surface area contributed by atoms with Crippen molar-refractivity contribution in [2.24, 2.45) is 5.73 Å². The van der Waals surface area contributed by atoms with Crippen LogP contribution in [-0.2, 0) is 4.79 Å². The van der Waals surface area contributed by atoms with E-state index in [1.54, 1.807) is 30.3 Å². The second kappa shape index (κ2) is 6.76. The Kier molecular flexibility index (Phi) is 5.01. The van der Waals surface area contributed by atoms with E-state index in [-0.39, 0.29) is 5.11 Å². The van der Waals surface area contributed by atoms with Crippen LogP contribution >= 0.6 is 35.4 Å². The summed E-state index contributed by atoms with van der Waals surface area (Å²) < 4.78 is 5.59. The number of thiocarbonyl (C=S) groups is 1. The van der Waals surface area contributed by atoms with Gasteiger partial charge in [-0.2, -0.15) is 0 Å². The molecule has 0 aliphatic heterocycles. The first-order valence-corrected chi connectivity index (χ1v) is 6.95. The quantitative estimate of drug-likeness (QED) is 0.661. The monoisotopic (exact) mass is 340 g/mol. The third kappa shape index (κ3) is 4.60. The zero-order valence-electron chi connectivity index (χ0n) is 10.6. The molecule has 4 nitrogen and oxygen atoms in total. The average Bonchev–Trinajstić information content (AvgIpc) is 2.83. The highest BCUT2D eigenvalue weighted by molar-refractivity contribution is 7.80. The summed E-state index contributed by atoms with van der Waals surface area (Å²) in [5, 5.41) is 3.22. The van der Waals surface area contributed by atoms with Crippen molar-refractivity contribution >= 4 is 52.5 Å². The number of furan rings is 1. The molecule has 0 aliphatic rings. The summed E-state index contributed by atoms with van der Waals surface area (Å²) in [4.78, 5) is 11.4. The number of rotatable bonds is 3. The Labute approximate surface area is 136 Å². The van der Waals surface area contributed by atoms with Gasteiger partial charge >= 0.3 is 0 Å². The predicted molar refractivity (Wildman–Crippen MR) is 88.1 cm³/mol. The summed E-state index contributed by atoms with van der Waals surface area (Å²) >= 11 is 16.4. The summed E-state index contributed by atoms with van der Waals surface area (Å²) in [7, 11) is 0. The number of carbonyl (C=O) groups is 1. The zero-order valence-corrected chi connectivity index (χ0v) is 12.9. The maximum atomic E-state index is 11.4. The van der Waals surface area contributed by atoms with Crippen molar-refractivity contribution in [1.82, 2.24) is 5.32 Å². The molecule has 1 aromatic heterocycles. The van der Waals surface area contributed by atoms with E-state index in [0.29, 0.717) is 21.6 Å². The molecule has 21 heavy (non-hydrogen) atoms. The molecule has 7 heteroatoms. The van der Waals surface area contributed by atoms with Crippen molar-refractivity contribution in [2.45, 2.75) is 0 Å². The number of halogens is 2. The lowest BCUT2D eigenvalue weighted by Crippen LogP contribution is -2.33. The fourth-order valence-electron chi connectivity index (χ4n) is 1.61. The number of amides is 1. The first-order valence-electron chi connectivity index (χ1n) is 5.79. The minimum Gasteiger partial charge on any atom is -0.457 e. The van der Waals surface area contributed by atoms with Gasteiger partial charge in [0.25, 0.3) is 0 Å². The van der Waals surface area contributed by atoms with Crippen molar-refractivity contribution in [1.29, 1.82) is 0 Å². The minimum atomic E-state index is -0.425. The molecule has 0 saturated carbocycles. The molecule has 1 heterocycles. The molecule has 0 spiro atoms. The van der Waals surface area contributed by atoms with Crippen LogP contribution in [0.3, 0.4) is 0 Å². The predicted octanol–water partition coefficient (Wildman–Crippen LogP) is 3.63. The van der Waals surface area contributed by atoms with Crippen LogP contribution in [-0.4, -0.2) is 11.0 Å². The topological polar surface area (TPSA) is 68.3 Å². The van der Waals surface area contributed by atoms with Crippen molar-refractivity contribution in [3.05, 3.63) is 52.2 Å². The molecule has 108 valence electrons. The Morgan fingerprint density at radius 3 is 2.52 bits per heavy atom. The van der Waals surface area contributed by atoms with E-state index in [4.69, 9.17) is 33.4 Å². The molecular formula is C14H10Cl2N2O2S. The van der Waals surface area contributed by atoms with E-state index in [9.17, 15) is 4.79 Å². The highest BCUT2D eigenvalue weighted by atomic mass is 35.5. The van der Waals surface area contributed by atoms with Gasteiger partial charge in [0.1, 0.15) is 11.5 Å². The Morgan fingerprint density at radius 1 is 1.24 bits per heavy atom. The number of benzene rings is 1. The van der Waals surface area contributed by atoms with Crippen LogP contribution < -0.4 is 11.1 Å². The number of nitrogens with two attached hydrogens (primary N) is 1. The fraction of sp³-hybridized carbons (Fsp3) is 0. The largest absolute Gasteiger partial charge is 0.457 e. The van der Waals surface area contributed by atoms with Crippen LogP contribution in [0.25, 0.3) is 17.4 Å². The van der Waals surface area contributed by atoms with Gasteiger partial charge in [-0.3, -0.25) is 10.1 Å². The third-order valence-corrected chi connectivity index (χ3v) is 2.96. The van der Waals surface area contributed by atoms with E-state index >= 15 is 0 Å². The van der Waals surface area contributed by atoms with Gasteiger partial charge in [0.2, 0.25) is 5.91 Å². The van der Waals surface area contributed by atoms with Crippen LogP contribution in [0.15, 0.2) is 40.8 Å². The van der Waals surface area contributed by atoms with Crippen molar-refractivity contribution < 1.29 is 9.21 Å². The van der Waals surface area contributed by atoms with Gasteiger partial charge in [-0.25, -0.2) is 0 Å². The fourth-order valence-corrected chi connectivity index (χ4v) is 2.24. The summed E-state index contributed by atoms with van der Waals surface area (Å²) in [6.07, 6.45) is 2.77. The molecule has 1 amide bonds. The van der Waals surface area contributed by atoms with E-state index in [1.807, 2.05) is 0 Å². The molecule has 0 bridgehead atoms. The Bertz CT molecular complexity index is 705. The molecular weight excluding hydrogens is 331 g/mol. The molecule has 0 fully saturated rings. The lowest BCUT2D eigenvalue weighted by molar-refractivity contribution is -0.115. The third-order valence-electron chi connectivity index (χ3n) is 2.42. The van der Waals surface area contributed by atoms with Gasteiger partial charge in [-0.15, -0.1) is 0 Å². The van der Waals surface area contributed by atoms with Crippen LogP contribution in [0.5, 0.6) is 0 Å². The van der Waals surface area contributed by atoms with Gasteiger partial charge < -0.3 is 10.2 Å². The minimum absolute atomic E-state index is 0.0849. The van der Waals surface area contributed by atoms with Crippen LogP contribution in [0.2, 0.25) is 10.0 Å². The van der Waals surface area contributed by atoms with Crippen molar-refractivity contribution in [3.63, 3.8) is 0 Å². The summed E-state index contributed by atoms with van der Waals surface area (Å²) in [6, 6.07) is 8.58. The zero-order chi connectivity index (χ0) is 15.4. The highest BCUT2D eigenvalue weighted by Gasteiger charge is 2.06. The Hall–Kier alpha value is -1.82. The molecule has 0 saturated heterocycles. The Balaban J connectivity index is 2.16. The first-order chi connectivity index (χ1) is 9.94. The lowest BCUT2D eigenvalue weighted by atomic mass is 10.2. The van der Waals surface area contributed by atoms with Crippen LogP contribution in [0.4, 0.5) is 0 Å². The second-order valence-electron chi connectivity index (χ2n) is 4.05. The van der Waals surface area contributed by atoms with Crippen LogP contribution in [0, 0.1) is 0 Å². The number of carbonyl (C=O) groups excluding carboxylic acids is 1. The number of hydrogen-bond donors (Lipinski definition) is 2. The van der Waals surface area contributed by atoms with E-state index in [1.165, 1.54) is 12.2 Å². The Morgan fingerprint density at radius 2 is 1.90 bits per heavy atom. The van der Waals surface area contributed by atoms with Crippen molar-refractivity contribution in [3.8, 4) is 11.3 Å². The summed E-state index contributed by atoms with van der Waals surface area (Å²) in [5.41, 5.74) is 5.94. The molecule has 2 aromatic rings. The molecule has 1 aromatic carbocycles. The SMILES string of the molecule is NC(=S)NC(=O)/C=C/c1ccc(-c2cc(Cl)cc(Cl)c2)o1. The van der Waals surface area contributed by atoms with E-state index in [0.717, 1.165) is 5.56 Å². The number of hydrogen-bond acceptors (Lipinski definition) is 3. The molecule has 2 rings (SSSR count). The first kappa shape index (κ1) is 15.6. The van der Waals surface area contributed by atoms with Gasteiger partial charge in [0.15, 0.2) is 5.11 Å². The molecule has 0 atom stereocenters. The number of nitrogens with one attached hydrogen (secondary N) is 1. The molecule has 3 N–H and O–H groups in total. The van der Waals surface area contributed by atoms with Gasteiger partial charge in [0, 0.05) is 21.7 Å². The second-order valence-corrected chi connectivity index (χ2v) is 5.36. The molecule has 0 aliphatic carbocycles. The highest BCUT2D eigenvalue weighted by Crippen LogP contribution is 2.28. The van der Waals surface area contributed by atoms with Crippen molar-refractivity contribution in [2.75, 3.05) is 0 Å². The van der Waals surface area contributed by atoms with Gasteiger partial charge in [-0.1, -0.05) is 23.2 Å². The summed E-state index contributed by atoms with van der Waals surface area (Å²) in [6.45, 7) is 0. The maximum Gasteiger partial charge on any atom is 0.250 e. The standard InChI is InChI=1S/C14H10Cl2N2O2S/c15-9-5-8(6-10(16)7-9)12-3-1-11(20-12)2-4-13(19)18-14(17)21/h1-7H,(H3,17,18,19,21)/b4-2+. The van der Waals surface area contributed by atoms with E-state index in [2.05, 4.69) is 17.5 Å². The maximum absolute atomic E-state index is 11.4. The van der Waals surface area contributed by atoms with Crippen LogP contribution in [0.1, 0.15) is 5.76 Å². The lowest BCUT2D eigenvalue weighted by Gasteiger charge is -1.99. The molecule has 0 radical (unpaired) electrons. The normalized spacial score (nSPS) is 10.8.